The molecule has 98 valence electrons. The summed E-state index contributed by atoms with van der Waals surface area (Å²) in [6.07, 6.45) is 4.59. The second-order valence-electron chi connectivity index (χ2n) is 4.20. The van der Waals surface area contributed by atoms with E-state index in [4.69, 9.17) is 5.73 Å². The highest BCUT2D eigenvalue weighted by molar-refractivity contribution is 5.31. The summed E-state index contributed by atoms with van der Waals surface area (Å²) in [5.41, 5.74) is 4.18. The zero-order valence-corrected chi connectivity index (χ0v) is 9.93. The number of nitrogen functional groups attached to an aromatic ring is 1. The van der Waals surface area contributed by atoms with Gasteiger partial charge in [-0.05, 0) is 0 Å². The van der Waals surface area contributed by atoms with E-state index < -0.39 is 11.9 Å². The molecular formula is C11H18F3N3. The van der Waals surface area contributed by atoms with Gasteiger partial charge in [-0.25, -0.2) is 0 Å². The maximum atomic E-state index is 11.8. The molecule has 1 fully saturated rings. The first-order valence-corrected chi connectivity index (χ1v) is 5.78. The predicted molar refractivity (Wildman–Crippen MR) is 60.3 cm³/mol. The highest BCUT2D eigenvalue weighted by Crippen LogP contribution is 2.28. The van der Waals surface area contributed by atoms with E-state index in [9.17, 15) is 13.2 Å². The minimum Gasteiger partial charge on any atom is -0.384 e. The molecule has 0 spiro atoms. The van der Waals surface area contributed by atoms with E-state index in [0.29, 0.717) is 0 Å². The first-order chi connectivity index (χ1) is 7.91. The highest BCUT2D eigenvalue weighted by Gasteiger charge is 2.34. The summed E-state index contributed by atoms with van der Waals surface area (Å²) in [7, 11) is 1.35. The van der Waals surface area contributed by atoms with Gasteiger partial charge in [-0.1, -0.05) is 38.5 Å². The number of aromatic nitrogens is 2. The van der Waals surface area contributed by atoms with Gasteiger partial charge in [-0.2, -0.15) is 18.3 Å². The van der Waals surface area contributed by atoms with E-state index in [0.717, 1.165) is 10.7 Å². The molecule has 1 aliphatic rings. The molecule has 0 saturated heterocycles. The second-order valence-corrected chi connectivity index (χ2v) is 4.20. The van der Waals surface area contributed by atoms with Gasteiger partial charge in [-0.3, -0.25) is 4.68 Å². The van der Waals surface area contributed by atoms with Gasteiger partial charge >= 0.3 is 6.18 Å². The fourth-order valence-electron chi connectivity index (χ4n) is 1.68. The smallest absolute Gasteiger partial charge is 0.384 e. The Labute approximate surface area is 98.8 Å². The van der Waals surface area contributed by atoms with Crippen LogP contribution in [0, 0.1) is 0 Å². The number of nitrogens with two attached hydrogens (primary N) is 1. The monoisotopic (exact) mass is 249 g/mol. The van der Waals surface area contributed by atoms with Crippen molar-refractivity contribution in [1.82, 2.24) is 9.78 Å². The van der Waals surface area contributed by atoms with Crippen LogP contribution >= 0.6 is 0 Å². The summed E-state index contributed by atoms with van der Waals surface area (Å²) < 4.78 is 36.5. The van der Waals surface area contributed by atoms with Crippen LogP contribution in [0.4, 0.5) is 19.0 Å². The van der Waals surface area contributed by atoms with Gasteiger partial charge in [0.15, 0.2) is 5.69 Å². The topological polar surface area (TPSA) is 43.8 Å². The summed E-state index contributed by atoms with van der Waals surface area (Å²) in [6.45, 7) is 0. The molecule has 0 unspecified atom stereocenters. The first-order valence-electron chi connectivity index (χ1n) is 5.78. The van der Waals surface area contributed by atoms with Crippen molar-refractivity contribution in [2.24, 2.45) is 7.05 Å². The molecule has 2 rings (SSSR count). The van der Waals surface area contributed by atoms with Crippen LogP contribution in [0.25, 0.3) is 0 Å². The molecule has 2 N–H and O–H groups in total. The van der Waals surface area contributed by atoms with E-state index >= 15 is 0 Å². The molecule has 1 aromatic heterocycles. The fourth-order valence-corrected chi connectivity index (χ4v) is 1.68. The lowest BCUT2D eigenvalue weighted by Crippen LogP contribution is -2.06. The van der Waals surface area contributed by atoms with Gasteiger partial charge in [0.1, 0.15) is 5.82 Å². The minimum atomic E-state index is -4.41. The molecule has 1 heterocycles. The summed E-state index contributed by atoms with van der Waals surface area (Å²) in [5, 5.41) is 3.15. The van der Waals surface area contributed by atoms with E-state index in [-0.39, 0.29) is 5.82 Å². The van der Waals surface area contributed by atoms with Gasteiger partial charge in [0, 0.05) is 13.1 Å². The predicted octanol–water partition coefficient (Wildman–Crippen LogP) is 3.36. The van der Waals surface area contributed by atoms with E-state index in [1.54, 1.807) is 0 Å². The van der Waals surface area contributed by atoms with Crippen molar-refractivity contribution in [2.45, 2.75) is 44.7 Å². The van der Waals surface area contributed by atoms with Crippen LogP contribution in [0.1, 0.15) is 44.2 Å². The lowest BCUT2D eigenvalue weighted by Gasteiger charge is -2.05. The Morgan fingerprint density at radius 2 is 1.53 bits per heavy atom. The number of hydrogen-bond donors (Lipinski definition) is 1. The Bertz CT molecular complexity index is 309. The van der Waals surface area contributed by atoms with Crippen LogP contribution < -0.4 is 5.73 Å². The Morgan fingerprint density at radius 1 is 1.12 bits per heavy atom. The number of halogens is 3. The Morgan fingerprint density at radius 3 is 1.71 bits per heavy atom. The van der Waals surface area contributed by atoms with Crippen LogP contribution in [0.5, 0.6) is 0 Å². The van der Waals surface area contributed by atoms with Crippen LogP contribution in [-0.4, -0.2) is 9.78 Å². The standard InChI is InChI=1S/C6H12.C5H6F3N3/c1-2-4-6-5-3-1;1-11-4(9)2-3(10-11)5(6,7)8/h1-6H2;2H,9H2,1H3. The van der Waals surface area contributed by atoms with Crippen LogP contribution in [0.3, 0.4) is 0 Å². The normalized spacial score (nSPS) is 16.2. The molecule has 17 heavy (non-hydrogen) atoms. The number of rotatable bonds is 0. The maximum absolute atomic E-state index is 11.8. The SMILES string of the molecule is C1CCCCC1.Cn1nc(C(F)(F)F)cc1N. The van der Waals surface area contributed by atoms with Crippen LogP contribution in [0.2, 0.25) is 0 Å². The molecule has 3 nitrogen and oxygen atoms in total. The number of nitrogens with zero attached hydrogens (tertiary/aromatic N) is 2. The minimum absolute atomic E-state index is 0.00248. The molecule has 1 aliphatic carbocycles. The van der Waals surface area contributed by atoms with Crippen molar-refractivity contribution in [3.05, 3.63) is 11.8 Å². The molecule has 1 saturated carbocycles. The van der Waals surface area contributed by atoms with Crippen molar-refractivity contribution < 1.29 is 13.2 Å². The zero-order chi connectivity index (χ0) is 12.9. The fraction of sp³-hybridized carbons (Fsp3) is 0.727. The molecule has 0 bridgehead atoms. The number of hydrogen-bond acceptors (Lipinski definition) is 2. The number of alkyl halides is 3. The maximum Gasteiger partial charge on any atom is 0.435 e. The van der Waals surface area contributed by atoms with Crippen molar-refractivity contribution in [3.8, 4) is 0 Å². The van der Waals surface area contributed by atoms with Crippen molar-refractivity contribution >= 4 is 5.82 Å². The highest BCUT2D eigenvalue weighted by atomic mass is 19.4. The third-order valence-corrected chi connectivity index (χ3v) is 2.71. The second kappa shape index (κ2) is 5.93. The molecule has 0 atom stereocenters. The Balaban J connectivity index is 0.000000202. The summed E-state index contributed by atoms with van der Waals surface area (Å²) >= 11 is 0. The molecule has 0 radical (unpaired) electrons. The van der Waals surface area contributed by atoms with E-state index in [1.807, 2.05) is 0 Å². The quantitative estimate of drug-likeness (QED) is 0.766. The molecular weight excluding hydrogens is 231 g/mol. The van der Waals surface area contributed by atoms with Crippen LogP contribution in [-0.2, 0) is 13.2 Å². The Kier molecular flexibility index (Phi) is 4.84. The molecule has 1 aromatic rings. The Hall–Kier alpha value is -1.20. The lowest BCUT2D eigenvalue weighted by molar-refractivity contribution is -0.141. The van der Waals surface area contributed by atoms with Crippen molar-refractivity contribution in [1.29, 1.82) is 0 Å². The molecule has 0 aromatic carbocycles. The van der Waals surface area contributed by atoms with E-state index in [1.165, 1.54) is 45.6 Å². The van der Waals surface area contributed by atoms with Gasteiger partial charge in [0.05, 0.1) is 0 Å². The average molecular weight is 249 g/mol. The molecule has 0 amide bonds. The summed E-state index contributed by atoms with van der Waals surface area (Å²) in [5.74, 6) is -0.00248. The average Bonchev–Trinajstić information content (AvgIpc) is 2.62. The van der Waals surface area contributed by atoms with E-state index in [2.05, 4.69) is 5.10 Å². The molecule has 0 aliphatic heterocycles. The van der Waals surface area contributed by atoms with Crippen LogP contribution in [0.15, 0.2) is 6.07 Å². The third kappa shape index (κ3) is 4.66. The van der Waals surface area contributed by atoms with Gasteiger partial charge < -0.3 is 5.73 Å². The first kappa shape index (κ1) is 13.9. The van der Waals surface area contributed by atoms with Crippen molar-refractivity contribution in [3.63, 3.8) is 0 Å². The molecule has 6 heteroatoms. The largest absolute Gasteiger partial charge is 0.435 e. The van der Waals surface area contributed by atoms with Gasteiger partial charge in [-0.15, -0.1) is 0 Å². The van der Waals surface area contributed by atoms with Gasteiger partial charge in [0.2, 0.25) is 0 Å². The zero-order valence-electron chi connectivity index (χ0n) is 9.93. The van der Waals surface area contributed by atoms with Gasteiger partial charge in [0.25, 0.3) is 0 Å². The third-order valence-electron chi connectivity index (χ3n) is 2.71. The number of aryl methyl sites for hydroxylation is 1. The lowest BCUT2D eigenvalue weighted by atomic mass is 10.0. The number of anilines is 1. The summed E-state index contributed by atoms with van der Waals surface area (Å²) in [4.78, 5) is 0. The summed E-state index contributed by atoms with van der Waals surface area (Å²) in [6, 6.07) is 0.792. The van der Waals surface area contributed by atoms with Crippen molar-refractivity contribution in [2.75, 3.05) is 5.73 Å².